The Kier molecular flexibility index (Phi) is 11.3. The van der Waals surface area contributed by atoms with Gasteiger partial charge in [-0.05, 0) is 80.8 Å². The van der Waals surface area contributed by atoms with Crippen LogP contribution in [0.15, 0.2) is 71.7 Å². The molecule has 0 bridgehead atoms. The van der Waals surface area contributed by atoms with E-state index < -0.39 is 27.5 Å². The average molecular weight is 699 g/mol. The number of carbonyl (C=O) groups excluding carboxylic acids is 1. The Balaban J connectivity index is 0.00000500. The molecule has 0 N–H and O–H groups in total. The molecule has 1 saturated heterocycles. The van der Waals surface area contributed by atoms with Crippen LogP contribution >= 0.6 is 23.2 Å². The molecule has 0 saturated carbocycles. The van der Waals surface area contributed by atoms with Gasteiger partial charge in [-0.2, -0.15) is 9.57 Å². The minimum absolute atomic E-state index is 0. The van der Waals surface area contributed by atoms with Crippen LogP contribution in [0.5, 0.6) is 5.75 Å². The van der Waals surface area contributed by atoms with Crippen molar-refractivity contribution in [2.24, 2.45) is 4.99 Å². The fourth-order valence-electron chi connectivity index (χ4n) is 5.78. The third-order valence-electron chi connectivity index (χ3n) is 8.49. The number of benzene rings is 3. The lowest BCUT2D eigenvalue weighted by Crippen LogP contribution is -2.55. The number of aliphatic imine (C=N–C) groups is 1. The number of sulfonamides is 1. The molecule has 2 aliphatic rings. The van der Waals surface area contributed by atoms with E-state index in [0.717, 1.165) is 16.7 Å². The molecule has 9 nitrogen and oxygen atoms in total. The number of halogens is 2. The molecular weight excluding hydrogens is 657 g/mol. The summed E-state index contributed by atoms with van der Waals surface area (Å²) < 4.78 is 32.7. The van der Waals surface area contributed by atoms with E-state index in [1.165, 1.54) is 4.31 Å². The maximum atomic E-state index is 14.7. The monoisotopic (exact) mass is 697 g/mol. The van der Waals surface area contributed by atoms with E-state index in [1.54, 1.807) is 41.0 Å². The zero-order valence-corrected chi connectivity index (χ0v) is 28.6. The maximum Gasteiger partial charge on any atom is 0.326 e. The van der Waals surface area contributed by atoms with Crippen LogP contribution in [-0.2, 0) is 15.4 Å². The molecule has 0 spiro atoms. The van der Waals surface area contributed by atoms with E-state index in [0.29, 0.717) is 33.8 Å². The Bertz CT molecular complexity index is 1760. The first-order valence-corrected chi connectivity index (χ1v) is 17.6. The van der Waals surface area contributed by atoms with Crippen molar-refractivity contribution in [1.82, 2.24) is 14.1 Å². The molecule has 47 heavy (non-hydrogen) atoms. The largest absolute Gasteiger partial charge is 0.493 e. The summed E-state index contributed by atoms with van der Waals surface area (Å²) in [4.78, 5) is 23.3. The summed E-state index contributed by atoms with van der Waals surface area (Å²) in [6, 6.07) is 21.3. The zero-order chi connectivity index (χ0) is 33.2. The van der Waals surface area contributed by atoms with E-state index in [4.69, 9.17) is 32.9 Å². The summed E-state index contributed by atoms with van der Waals surface area (Å²) in [6.45, 7) is 8.41. The van der Waals surface area contributed by atoms with Crippen molar-refractivity contribution < 1.29 is 17.9 Å². The Labute approximate surface area is 288 Å². The number of amidine groups is 1. The lowest BCUT2D eigenvalue weighted by molar-refractivity contribution is 0.143. The number of rotatable bonds is 8. The van der Waals surface area contributed by atoms with Gasteiger partial charge in [0.15, 0.2) is 0 Å². The Morgan fingerprint density at radius 1 is 0.957 bits per heavy atom. The number of piperazine rings is 1. The predicted octanol–water partition coefficient (Wildman–Crippen LogP) is 7.46. The second-order valence-corrected chi connectivity index (χ2v) is 14.9. The van der Waals surface area contributed by atoms with E-state index in [-0.39, 0.29) is 45.4 Å². The van der Waals surface area contributed by atoms with Crippen LogP contribution in [0.1, 0.15) is 69.5 Å². The van der Waals surface area contributed by atoms with E-state index in [1.807, 2.05) is 63.2 Å². The van der Waals surface area contributed by atoms with Gasteiger partial charge in [0.25, 0.3) is 0 Å². The Morgan fingerprint density at radius 3 is 2.06 bits per heavy atom. The molecule has 250 valence electrons. The van der Waals surface area contributed by atoms with Gasteiger partial charge in [0.1, 0.15) is 17.6 Å². The maximum absolute atomic E-state index is 14.7. The van der Waals surface area contributed by atoms with Gasteiger partial charge in [-0.15, -0.1) is 0 Å². The smallest absolute Gasteiger partial charge is 0.326 e. The van der Waals surface area contributed by atoms with Gasteiger partial charge in [-0.3, -0.25) is 9.89 Å². The highest BCUT2D eigenvalue weighted by molar-refractivity contribution is 7.89. The summed E-state index contributed by atoms with van der Waals surface area (Å²) in [5.41, 5.74) is 2.29. The van der Waals surface area contributed by atoms with Crippen molar-refractivity contribution in [3.8, 4) is 11.8 Å². The number of urea groups is 1. The molecule has 0 unspecified atom stereocenters. The second-order valence-electron chi connectivity index (χ2n) is 11.8. The molecule has 2 amide bonds. The van der Waals surface area contributed by atoms with Gasteiger partial charge in [-0.1, -0.05) is 61.0 Å². The van der Waals surface area contributed by atoms with Crippen molar-refractivity contribution in [3.63, 3.8) is 0 Å². The molecule has 2 heterocycles. The molecule has 5 rings (SSSR count). The minimum atomic E-state index is -3.38. The molecule has 3 aromatic rings. The Morgan fingerprint density at radius 2 is 1.53 bits per heavy atom. The number of ether oxygens (including phenoxy) is 1. The molecule has 2 atom stereocenters. The molecule has 0 aliphatic carbocycles. The standard InChI is InChI=1S/C34H37Cl2N5O4S.CH4/c1-5-45-29-21-25(34(3,4)22-37)11-16-28(29)32-38-30(23-7-12-26(35)13-8-23)31(24-9-14-27(36)15-10-24)41(32)33(42)39-17-19-40(20-18-39)46(43,44)6-2;/h7-16,21,30-31H,5-6,17-20H2,1-4H3;1H4/t30-,31+;/m0./s1. The molecule has 2 aliphatic heterocycles. The topological polar surface area (TPSA) is 106 Å². The van der Waals surface area contributed by atoms with Crippen molar-refractivity contribution in [2.75, 3.05) is 38.5 Å². The average Bonchev–Trinajstić information content (AvgIpc) is 3.45. The lowest BCUT2D eigenvalue weighted by Gasteiger charge is -2.38. The van der Waals surface area contributed by atoms with Gasteiger partial charge in [0, 0.05) is 36.2 Å². The summed E-state index contributed by atoms with van der Waals surface area (Å²) in [7, 11) is -3.38. The van der Waals surface area contributed by atoms with Crippen molar-refractivity contribution in [1.29, 1.82) is 5.26 Å². The van der Waals surface area contributed by atoms with Crippen LogP contribution in [0.4, 0.5) is 4.79 Å². The quantitative estimate of drug-likeness (QED) is 0.243. The van der Waals surface area contributed by atoms with Crippen LogP contribution in [0.3, 0.4) is 0 Å². The van der Waals surface area contributed by atoms with Gasteiger partial charge in [0.2, 0.25) is 10.0 Å². The molecule has 1 fully saturated rings. The molecule has 3 aromatic carbocycles. The predicted molar refractivity (Wildman–Crippen MR) is 188 cm³/mol. The van der Waals surface area contributed by atoms with Crippen LogP contribution in [0.25, 0.3) is 0 Å². The number of hydrogen-bond donors (Lipinski definition) is 0. The first-order chi connectivity index (χ1) is 21.9. The van der Waals surface area contributed by atoms with Crippen molar-refractivity contribution >= 4 is 45.1 Å². The van der Waals surface area contributed by atoms with Gasteiger partial charge < -0.3 is 9.64 Å². The first kappa shape index (κ1) is 36.2. The van der Waals surface area contributed by atoms with Gasteiger partial charge in [0.05, 0.1) is 35.4 Å². The van der Waals surface area contributed by atoms with Gasteiger partial charge in [-0.25, -0.2) is 13.2 Å². The van der Waals surface area contributed by atoms with Crippen LogP contribution in [-0.4, -0.2) is 72.9 Å². The number of nitriles is 1. The molecule has 12 heteroatoms. The lowest BCUT2D eigenvalue weighted by atomic mass is 9.85. The molecular formula is C35H41Cl2N5O4S. The number of nitrogens with zero attached hydrogens (tertiary/aromatic N) is 5. The fraction of sp³-hybridized carbons (Fsp3) is 0.400. The highest BCUT2D eigenvalue weighted by Gasteiger charge is 2.45. The molecule has 0 radical (unpaired) electrons. The summed E-state index contributed by atoms with van der Waals surface area (Å²) in [5, 5.41) is 11.0. The van der Waals surface area contributed by atoms with Crippen LogP contribution < -0.4 is 4.74 Å². The summed E-state index contributed by atoms with van der Waals surface area (Å²) in [5.74, 6) is 0.924. The minimum Gasteiger partial charge on any atom is -0.493 e. The highest BCUT2D eigenvalue weighted by Crippen LogP contribution is 2.46. The van der Waals surface area contributed by atoms with E-state index >= 15 is 0 Å². The third kappa shape index (κ3) is 7.44. The van der Waals surface area contributed by atoms with Crippen molar-refractivity contribution in [2.45, 2.75) is 52.6 Å². The Hall–Kier alpha value is -3.62. The van der Waals surface area contributed by atoms with E-state index in [9.17, 15) is 18.5 Å². The second kappa shape index (κ2) is 14.7. The van der Waals surface area contributed by atoms with Crippen LogP contribution in [0, 0.1) is 11.3 Å². The van der Waals surface area contributed by atoms with E-state index in [2.05, 4.69) is 6.07 Å². The highest BCUT2D eigenvalue weighted by atomic mass is 35.5. The number of amides is 2. The zero-order valence-electron chi connectivity index (χ0n) is 26.3. The number of carbonyl (C=O) groups is 1. The SMILES string of the molecule is C.CCOc1cc(C(C)(C)C#N)ccc1C1=N[C@@H](c2ccc(Cl)cc2)[C@@H](c2ccc(Cl)cc2)N1C(=O)N1CCN(S(=O)(=O)CC)CC1. The third-order valence-corrected chi connectivity index (χ3v) is 10.9. The summed E-state index contributed by atoms with van der Waals surface area (Å²) in [6.07, 6.45) is 0. The summed E-state index contributed by atoms with van der Waals surface area (Å²) >= 11 is 12.6. The van der Waals surface area contributed by atoms with Gasteiger partial charge >= 0.3 is 6.03 Å². The fourth-order valence-corrected chi connectivity index (χ4v) is 7.12. The van der Waals surface area contributed by atoms with Crippen LogP contribution in [0.2, 0.25) is 10.0 Å². The first-order valence-electron chi connectivity index (χ1n) is 15.2. The van der Waals surface area contributed by atoms with Crippen molar-refractivity contribution in [3.05, 3.63) is 99.0 Å². The molecule has 0 aromatic heterocycles. The normalized spacial score (nSPS) is 18.7. The number of hydrogen-bond acceptors (Lipinski definition) is 6.